The molecule has 2 aliphatic rings. The molecule has 0 unspecified atom stereocenters. The topological polar surface area (TPSA) is 68.2 Å². The zero-order valence-electron chi connectivity index (χ0n) is 9.62. The summed E-state index contributed by atoms with van der Waals surface area (Å²) >= 11 is 1.37. The molecular weight excluding hydrogens is 232 g/mol. The molecule has 94 valence electrons. The van der Waals surface area contributed by atoms with E-state index in [0.717, 1.165) is 0 Å². The van der Waals surface area contributed by atoms with Gasteiger partial charge in [-0.15, -0.1) is 11.8 Å². The summed E-state index contributed by atoms with van der Waals surface area (Å²) in [6.45, 7) is 3.93. The van der Waals surface area contributed by atoms with Gasteiger partial charge in [-0.05, 0) is 20.1 Å². The summed E-state index contributed by atoms with van der Waals surface area (Å²) in [6, 6.07) is 0. The summed E-state index contributed by atoms with van der Waals surface area (Å²) in [5, 5.41) is 19.8. The molecule has 2 N–H and O–H groups in total. The van der Waals surface area contributed by atoms with Crippen LogP contribution >= 0.6 is 11.8 Å². The molecule has 2 fully saturated rings. The monoisotopic (exact) mass is 250 g/mol. The van der Waals surface area contributed by atoms with Gasteiger partial charge in [-0.1, -0.05) is 0 Å². The fourth-order valence-electron chi connectivity index (χ4n) is 2.02. The molecule has 0 aromatic rings. The molecular formula is C10H18O5S. The molecule has 2 heterocycles. The summed E-state index contributed by atoms with van der Waals surface area (Å²) < 4.78 is 16.7. The molecule has 2 saturated heterocycles. The Bertz CT molecular complexity index is 258. The van der Waals surface area contributed by atoms with E-state index in [1.54, 1.807) is 13.8 Å². The van der Waals surface area contributed by atoms with Gasteiger partial charge in [0.15, 0.2) is 5.79 Å². The van der Waals surface area contributed by atoms with Crippen LogP contribution in [0.5, 0.6) is 0 Å². The average molecular weight is 250 g/mol. The molecule has 6 heteroatoms. The number of aliphatic hydroxyl groups is 2. The van der Waals surface area contributed by atoms with Gasteiger partial charge in [0.2, 0.25) is 0 Å². The molecule has 0 radical (unpaired) electrons. The Morgan fingerprint density at radius 2 is 1.94 bits per heavy atom. The Labute approximate surface area is 99.1 Å². The summed E-state index contributed by atoms with van der Waals surface area (Å²) in [7, 11) is 0. The van der Waals surface area contributed by atoms with Crippen molar-refractivity contribution in [3.05, 3.63) is 0 Å². The van der Waals surface area contributed by atoms with Crippen LogP contribution < -0.4 is 0 Å². The minimum atomic E-state index is -0.931. The third kappa shape index (κ3) is 2.23. The lowest BCUT2D eigenvalue weighted by atomic mass is 9.98. The van der Waals surface area contributed by atoms with Gasteiger partial charge in [-0.3, -0.25) is 0 Å². The molecule has 0 aromatic carbocycles. The number of aliphatic hydroxyl groups excluding tert-OH is 2. The fourth-order valence-corrected chi connectivity index (χ4v) is 2.72. The molecule has 5 atom stereocenters. The summed E-state index contributed by atoms with van der Waals surface area (Å²) in [6.07, 6.45) is -0.870. The first kappa shape index (κ1) is 12.6. The minimum absolute atomic E-state index is 0.316. The highest BCUT2D eigenvalue weighted by Gasteiger charge is 2.49. The predicted molar refractivity (Wildman–Crippen MR) is 59.1 cm³/mol. The number of ether oxygens (including phenoxy) is 3. The van der Waals surface area contributed by atoms with E-state index >= 15 is 0 Å². The lowest BCUT2D eigenvalue weighted by Crippen LogP contribution is -2.63. The van der Waals surface area contributed by atoms with Crippen LogP contribution in [-0.4, -0.2) is 58.7 Å². The maximum Gasteiger partial charge on any atom is 0.163 e. The van der Waals surface area contributed by atoms with Crippen LogP contribution in [-0.2, 0) is 14.2 Å². The van der Waals surface area contributed by atoms with Gasteiger partial charge in [0.25, 0.3) is 0 Å². The van der Waals surface area contributed by atoms with Crippen molar-refractivity contribution in [2.24, 2.45) is 0 Å². The standard InChI is InChI=1S/C10H18O5S/c1-10(2)13-4-5-8(15-10)6(11)7(12)9(14-5)16-3/h5-9,11-12H,4H2,1-3H3/t5-,6-,7-,8-,9+/m1/s1. The first-order valence-corrected chi connectivity index (χ1v) is 6.59. The van der Waals surface area contributed by atoms with Gasteiger partial charge in [-0.25, -0.2) is 0 Å². The fraction of sp³-hybridized carbons (Fsp3) is 1.00. The Morgan fingerprint density at radius 1 is 1.25 bits per heavy atom. The molecule has 0 spiro atoms. The Kier molecular flexibility index (Phi) is 3.49. The van der Waals surface area contributed by atoms with Crippen LogP contribution in [0.25, 0.3) is 0 Å². The number of hydrogen-bond acceptors (Lipinski definition) is 6. The highest BCUT2D eigenvalue weighted by molar-refractivity contribution is 7.99. The summed E-state index contributed by atoms with van der Waals surface area (Å²) in [5.41, 5.74) is -0.426. The smallest absolute Gasteiger partial charge is 0.163 e. The third-order valence-electron chi connectivity index (χ3n) is 2.89. The van der Waals surface area contributed by atoms with Crippen LogP contribution in [0.2, 0.25) is 0 Å². The average Bonchev–Trinajstić information content (AvgIpc) is 2.23. The zero-order valence-corrected chi connectivity index (χ0v) is 10.4. The van der Waals surface area contributed by atoms with Crippen LogP contribution in [0.3, 0.4) is 0 Å². The largest absolute Gasteiger partial charge is 0.387 e. The van der Waals surface area contributed by atoms with Crippen molar-refractivity contribution in [1.82, 2.24) is 0 Å². The second kappa shape index (κ2) is 4.44. The van der Waals surface area contributed by atoms with E-state index < -0.39 is 29.5 Å². The minimum Gasteiger partial charge on any atom is -0.387 e. The molecule has 5 nitrogen and oxygen atoms in total. The van der Waals surface area contributed by atoms with Crippen molar-refractivity contribution >= 4 is 11.8 Å². The molecule has 2 rings (SSSR count). The van der Waals surface area contributed by atoms with Gasteiger partial charge in [0.05, 0.1) is 6.61 Å². The molecule has 0 saturated carbocycles. The van der Waals surface area contributed by atoms with Crippen molar-refractivity contribution in [1.29, 1.82) is 0 Å². The van der Waals surface area contributed by atoms with Crippen LogP contribution in [0.15, 0.2) is 0 Å². The first-order chi connectivity index (χ1) is 7.44. The van der Waals surface area contributed by atoms with E-state index in [9.17, 15) is 10.2 Å². The van der Waals surface area contributed by atoms with Gasteiger partial charge in [-0.2, -0.15) is 0 Å². The van der Waals surface area contributed by atoms with Gasteiger partial charge in [0, 0.05) is 0 Å². The molecule has 0 amide bonds. The van der Waals surface area contributed by atoms with Crippen molar-refractivity contribution in [2.45, 2.75) is 49.5 Å². The van der Waals surface area contributed by atoms with Crippen LogP contribution in [0, 0.1) is 0 Å². The quantitative estimate of drug-likeness (QED) is 0.680. The van der Waals surface area contributed by atoms with Crippen LogP contribution in [0.1, 0.15) is 13.8 Å². The van der Waals surface area contributed by atoms with E-state index in [0.29, 0.717) is 6.61 Å². The Morgan fingerprint density at radius 3 is 2.56 bits per heavy atom. The second-order valence-corrected chi connectivity index (χ2v) is 5.49. The van der Waals surface area contributed by atoms with E-state index in [1.807, 2.05) is 6.26 Å². The van der Waals surface area contributed by atoms with Crippen LogP contribution in [0.4, 0.5) is 0 Å². The van der Waals surface area contributed by atoms with E-state index in [1.165, 1.54) is 11.8 Å². The number of rotatable bonds is 1. The van der Waals surface area contributed by atoms with Crippen molar-refractivity contribution in [2.75, 3.05) is 12.9 Å². The first-order valence-electron chi connectivity index (χ1n) is 5.31. The maximum atomic E-state index is 9.98. The van der Waals surface area contributed by atoms with Gasteiger partial charge < -0.3 is 24.4 Å². The maximum absolute atomic E-state index is 9.98. The lowest BCUT2D eigenvalue weighted by molar-refractivity contribution is -0.350. The summed E-state index contributed by atoms with van der Waals surface area (Å²) in [4.78, 5) is 0. The molecule has 2 aliphatic heterocycles. The van der Waals surface area contributed by atoms with E-state index in [4.69, 9.17) is 14.2 Å². The molecule has 0 aliphatic carbocycles. The third-order valence-corrected chi connectivity index (χ3v) is 3.74. The van der Waals surface area contributed by atoms with Gasteiger partial charge >= 0.3 is 0 Å². The Balaban J connectivity index is 2.11. The number of thioether (sulfide) groups is 1. The summed E-state index contributed by atoms with van der Waals surface area (Å²) in [5.74, 6) is -0.739. The highest BCUT2D eigenvalue weighted by Crippen LogP contribution is 2.34. The molecule has 0 bridgehead atoms. The second-order valence-electron chi connectivity index (χ2n) is 4.55. The van der Waals surface area contributed by atoms with Crippen molar-refractivity contribution in [3.63, 3.8) is 0 Å². The lowest BCUT2D eigenvalue weighted by Gasteiger charge is -2.48. The van der Waals surface area contributed by atoms with Crippen molar-refractivity contribution < 1.29 is 24.4 Å². The number of hydrogen-bond donors (Lipinski definition) is 2. The predicted octanol–water partition coefficient (Wildman–Crippen LogP) is -0.0524. The van der Waals surface area contributed by atoms with Gasteiger partial charge in [0.1, 0.15) is 29.9 Å². The number of fused-ring (bicyclic) bond motifs is 1. The SMILES string of the molecule is CS[C@@H]1O[C@@H]2COC(C)(C)O[C@H]2[C@H](O)[C@H]1O. The molecule has 0 aromatic heterocycles. The van der Waals surface area contributed by atoms with E-state index in [-0.39, 0.29) is 6.10 Å². The molecule has 16 heavy (non-hydrogen) atoms. The highest BCUT2D eigenvalue weighted by atomic mass is 32.2. The van der Waals surface area contributed by atoms with Crippen molar-refractivity contribution in [3.8, 4) is 0 Å². The Hall–Kier alpha value is 0.150. The normalized spacial score (nSPS) is 47.4. The zero-order chi connectivity index (χ0) is 11.9. The van der Waals surface area contributed by atoms with E-state index in [2.05, 4.69) is 0 Å².